The van der Waals surface area contributed by atoms with Crippen LogP contribution in [-0.4, -0.2) is 44.5 Å². The van der Waals surface area contributed by atoms with Gasteiger partial charge in [-0.05, 0) is 18.2 Å². The van der Waals surface area contributed by atoms with Gasteiger partial charge in [0, 0.05) is 44.8 Å². The Morgan fingerprint density at radius 3 is 2.55 bits per heavy atom. The minimum absolute atomic E-state index is 0.122. The quantitative estimate of drug-likeness (QED) is 0.610. The molecule has 0 saturated heterocycles. The van der Waals surface area contributed by atoms with Crippen LogP contribution in [0.3, 0.4) is 0 Å². The molecule has 1 aromatic carbocycles. The molecule has 0 bridgehead atoms. The van der Waals surface area contributed by atoms with Gasteiger partial charge in [0.05, 0.1) is 6.61 Å². The van der Waals surface area contributed by atoms with Crippen molar-refractivity contribution < 1.29 is 19.1 Å². The molecule has 3 N–H and O–H groups in total. The molecule has 1 rings (SSSR count). The lowest BCUT2D eigenvalue weighted by atomic mass is 10.2. The lowest BCUT2D eigenvalue weighted by Gasteiger charge is -2.08. The summed E-state index contributed by atoms with van der Waals surface area (Å²) < 4.78 is 4.79. The van der Waals surface area contributed by atoms with E-state index in [1.807, 2.05) is 0 Å². The van der Waals surface area contributed by atoms with E-state index < -0.39 is 0 Å². The number of nitrogens with one attached hydrogen (secondary N) is 3. The maximum absolute atomic E-state index is 11.9. The molecule has 0 radical (unpaired) electrons. The average Bonchev–Trinajstić information content (AvgIpc) is 2.49. The number of carbonyl (C=O) groups is 3. The van der Waals surface area contributed by atoms with Crippen LogP contribution in [0, 0.1) is 0 Å². The topological polar surface area (TPSA) is 96.5 Å². The standard InChI is InChI=1S/C15H21N3O4/c1-11(19)18-13-5-3-4-12(10-13)15(21)17-8-7-16-14(20)6-9-22-2/h3-5,10H,6-9H2,1-2H3,(H,16,20)(H,17,21)(H,18,19). The lowest BCUT2D eigenvalue weighted by Crippen LogP contribution is -2.35. The summed E-state index contributed by atoms with van der Waals surface area (Å²) in [4.78, 5) is 34.2. The Bertz CT molecular complexity index is 531. The van der Waals surface area contributed by atoms with E-state index in [0.717, 1.165) is 0 Å². The van der Waals surface area contributed by atoms with Crippen LogP contribution in [0.15, 0.2) is 24.3 Å². The molecule has 3 amide bonds. The summed E-state index contributed by atoms with van der Waals surface area (Å²) in [5.74, 6) is -0.585. The number of ether oxygens (including phenoxy) is 1. The van der Waals surface area contributed by atoms with Crippen LogP contribution in [0.2, 0.25) is 0 Å². The van der Waals surface area contributed by atoms with Crippen molar-refractivity contribution in [3.05, 3.63) is 29.8 Å². The fourth-order valence-corrected chi connectivity index (χ4v) is 1.70. The lowest BCUT2D eigenvalue weighted by molar-refractivity contribution is -0.122. The highest BCUT2D eigenvalue weighted by atomic mass is 16.5. The molecule has 0 aliphatic rings. The highest BCUT2D eigenvalue weighted by molar-refractivity contribution is 5.96. The minimum Gasteiger partial charge on any atom is -0.384 e. The molecule has 0 atom stereocenters. The van der Waals surface area contributed by atoms with Crippen molar-refractivity contribution in [2.75, 3.05) is 32.1 Å². The van der Waals surface area contributed by atoms with Gasteiger partial charge in [-0.15, -0.1) is 0 Å². The number of rotatable bonds is 8. The molecule has 0 saturated carbocycles. The van der Waals surface area contributed by atoms with Gasteiger partial charge in [0.25, 0.3) is 5.91 Å². The SMILES string of the molecule is COCCC(=O)NCCNC(=O)c1cccc(NC(C)=O)c1. The molecule has 0 spiro atoms. The molecule has 120 valence electrons. The maximum Gasteiger partial charge on any atom is 0.251 e. The van der Waals surface area contributed by atoms with Crippen molar-refractivity contribution in [1.82, 2.24) is 10.6 Å². The van der Waals surface area contributed by atoms with Crippen LogP contribution in [0.5, 0.6) is 0 Å². The number of anilines is 1. The van der Waals surface area contributed by atoms with Gasteiger partial charge in [0.1, 0.15) is 0 Å². The van der Waals surface area contributed by atoms with Crippen molar-refractivity contribution >= 4 is 23.4 Å². The Balaban J connectivity index is 2.36. The van der Waals surface area contributed by atoms with Gasteiger partial charge in [-0.3, -0.25) is 14.4 Å². The fraction of sp³-hybridized carbons (Fsp3) is 0.400. The molecule has 7 heteroatoms. The summed E-state index contributed by atoms with van der Waals surface area (Å²) in [7, 11) is 1.53. The smallest absolute Gasteiger partial charge is 0.251 e. The Hall–Kier alpha value is -2.41. The first kappa shape index (κ1) is 17.6. The third-order valence-electron chi connectivity index (χ3n) is 2.71. The summed E-state index contributed by atoms with van der Waals surface area (Å²) in [6.07, 6.45) is 0.295. The Labute approximate surface area is 129 Å². The molecule has 0 aliphatic carbocycles. The number of methoxy groups -OCH3 is 1. The van der Waals surface area contributed by atoms with Gasteiger partial charge in [-0.25, -0.2) is 0 Å². The van der Waals surface area contributed by atoms with Gasteiger partial charge in [-0.1, -0.05) is 6.07 Å². The molecular weight excluding hydrogens is 286 g/mol. The largest absolute Gasteiger partial charge is 0.384 e. The van der Waals surface area contributed by atoms with Crippen molar-refractivity contribution in [2.45, 2.75) is 13.3 Å². The highest BCUT2D eigenvalue weighted by Gasteiger charge is 2.06. The second-order valence-corrected chi connectivity index (χ2v) is 4.61. The predicted octanol–water partition coefficient (Wildman–Crippen LogP) is 0.527. The van der Waals surface area contributed by atoms with E-state index in [9.17, 15) is 14.4 Å². The van der Waals surface area contributed by atoms with Crippen molar-refractivity contribution in [1.29, 1.82) is 0 Å². The summed E-state index contributed by atoms with van der Waals surface area (Å²) >= 11 is 0. The van der Waals surface area contributed by atoms with Gasteiger partial charge >= 0.3 is 0 Å². The van der Waals surface area contributed by atoms with Gasteiger partial charge < -0.3 is 20.7 Å². The second kappa shape index (κ2) is 9.51. The monoisotopic (exact) mass is 307 g/mol. The number of hydrogen-bond acceptors (Lipinski definition) is 4. The summed E-state index contributed by atoms with van der Waals surface area (Å²) in [6.45, 7) is 2.44. The maximum atomic E-state index is 11.9. The van der Waals surface area contributed by atoms with E-state index in [-0.39, 0.29) is 17.7 Å². The van der Waals surface area contributed by atoms with E-state index in [2.05, 4.69) is 16.0 Å². The van der Waals surface area contributed by atoms with Crippen LogP contribution < -0.4 is 16.0 Å². The first-order chi connectivity index (χ1) is 10.5. The normalized spacial score (nSPS) is 9.91. The summed E-state index contributed by atoms with van der Waals surface area (Å²) in [5, 5.41) is 7.98. The van der Waals surface area contributed by atoms with Crippen molar-refractivity contribution in [2.24, 2.45) is 0 Å². The van der Waals surface area contributed by atoms with Gasteiger partial charge in [0.2, 0.25) is 11.8 Å². The predicted molar refractivity (Wildman–Crippen MR) is 82.6 cm³/mol. The molecule has 1 aromatic rings. The Morgan fingerprint density at radius 1 is 1.14 bits per heavy atom. The molecular formula is C15H21N3O4. The van der Waals surface area contributed by atoms with E-state index in [4.69, 9.17) is 4.74 Å². The van der Waals surface area contributed by atoms with E-state index >= 15 is 0 Å². The van der Waals surface area contributed by atoms with Crippen molar-refractivity contribution in [3.8, 4) is 0 Å². The first-order valence-electron chi connectivity index (χ1n) is 6.94. The highest BCUT2D eigenvalue weighted by Crippen LogP contribution is 2.10. The van der Waals surface area contributed by atoms with Gasteiger partial charge in [-0.2, -0.15) is 0 Å². The van der Waals surface area contributed by atoms with Crippen LogP contribution in [0.4, 0.5) is 5.69 Å². The second-order valence-electron chi connectivity index (χ2n) is 4.61. The number of hydrogen-bond donors (Lipinski definition) is 3. The molecule has 0 aromatic heterocycles. The van der Waals surface area contributed by atoms with E-state index in [0.29, 0.717) is 37.4 Å². The molecule has 0 unspecified atom stereocenters. The molecule has 0 aliphatic heterocycles. The number of amides is 3. The van der Waals surface area contributed by atoms with Crippen molar-refractivity contribution in [3.63, 3.8) is 0 Å². The minimum atomic E-state index is -0.265. The number of carbonyl (C=O) groups excluding carboxylic acids is 3. The third-order valence-corrected chi connectivity index (χ3v) is 2.71. The van der Waals surface area contributed by atoms with Crippen LogP contribution in [0.1, 0.15) is 23.7 Å². The first-order valence-corrected chi connectivity index (χ1v) is 6.94. The Morgan fingerprint density at radius 2 is 1.86 bits per heavy atom. The van der Waals surface area contributed by atoms with Gasteiger partial charge in [0.15, 0.2) is 0 Å². The van der Waals surface area contributed by atoms with Crippen LogP contribution >= 0.6 is 0 Å². The molecule has 0 fully saturated rings. The third kappa shape index (κ3) is 6.85. The molecule has 7 nitrogen and oxygen atoms in total. The molecule has 0 heterocycles. The van der Waals surface area contributed by atoms with E-state index in [1.54, 1.807) is 24.3 Å². The summed E-state index contributed by atoms with van der Waals surface area (Å²) in [5.41, 5.74) is 1.00. The Kier molecular flexibility index (Phi) is 7.63. The zero-order valence-electron chi connectivity index (χ0n) is 12.8. The number of benzene rings is 1. The summed E-state index contributed by atoms with van der Waals surface area (Å²) in [6, 6.07) is 6.63. The van der Waals surface area contributed by atoms with Crippen LogP contribution in [-0.2, 0) is 14.3 Å². The zero-order valence-corrected chi connectivity index (χ0v) is 12.8. The average molecular weight is 307 g/mol. The molecule has 22 heavy (non-hydrogen) atoms. The zero-order chi connectivity index (χ0) is 16.4. The van der Waals surface area contributed by atoms with E-state index in [1.165, 1.54) is 14.0 Å². The van der Waals surface area contributed by atoms with Crippen LogP contribution in [0.25, 0.3) is 0 Å². The fourth-order valence-electron chi connectivity index (χ4n) is 1.70.